The van der Waals surface area contributed by atoms with Gasteiger partial charge in [0.05, 0.1) is 24.3 Å². The van der Waals surface area contributed by atoms with E-state index in [0.29, 0.717) is 29.7 Å². The van der Waals surface area contributed by atoms with Crippen molar-refractivity contribution < 1.29 is 53.7 Å². The summed E-state index contributed by atoms with van der Waals surface area (Å²) in [4.78, 5) is 90.6. The van der Waals surface area contributed by atoms with Crippen LogP contribution in [0.1, 0.15) is 72.3 Å². The molecule has 0 spiro atoms. The largest absolute Gasteiger partial charge is 0.508 e. The molecule has 3 heterocycles. The van der Waals surface area contributed by atoms with Gasteiger partial charge in [-0.1, -0.05) is 69.4 Å². The van der Waals surface area contributed by atoms with E-state index in [4.69, 9.17) is 9.57 Å². The number of Topliss-reactive ketones (excluding diaryl/α,β-unsaturated/α-hetero) is 1. The number of hydrogen-bond acceptors (Lipinski definition) is 13. The summed E-state index contributed by atoms with van der Waals surface area (Å²) in [6, 6.07) is 6.14. The summed E-state index contributed by atoms with van der Waals surface area (Å²) in [7, 11) is 1.45. The van der Waals surface area contributed by atoms with Gasteiger partial charge in [-0.05, 0) is 74.4 Å². The van der Waals surface area contributed by atoms with Gasteiger partial charge in [0.25, 0.3) is 11.8 Å². The number of carbonyl (C=O) groups excluding carboxylic acids is 6. The van der Waals surface area contributed by atoms with Gasteiger partial charge in [-0.15, -0.1) is 0 Å². The lowest BCUT2D eigenvalue weighted by atomic mass is 9.84. The molecule has 1 unspecified atom stereocenters. The number of cyclic esters (lactones) is 1. The van der Waals surface area contributed by atoms with E-state index in [2.05, 4.69) is 21.0 Å². The zero-order chi connectivity index (χ0) is 46.9. The predicted octanol–water partition coefficient (Wildman–Crippen LogP) is 3.18. The summed E-state index contributed by atoms with van der Waals surface area (Å²) in [5.41, 5.74) is 4.08. The van der Waals surface area contributed by atoms with Crippen molar-refractivity contribution in [3.63, 3.8) is 0 Å². The van der Waals surface area contributed by atoms with E-state index >= 15 is 0 Å². The molecule has 8 atom stereocenters. The molecule has 4 amide bonds. The number of aliphatic hydroxyl groups excluding tert-OH is 2. The first-order valence-corrected chi connectivity index (χ1v) is 21.5. The van der Waals surface area contributed by atoms with Gasteiger partial charge in [0.1, 0.15) is 35.8 Å². The normalized spacial score (nSPS) is 26.8. The number of allylic oxidation sites excluding steroid dienone is 4. The molecule has 346 valence electrons. The number of hydroxylamine groups is 2. The minimum atomic E-state index is -1.44. The third-order valence-corrected chi connectivity index (χ3v) is 11.0. The van der Waals surface area contributed by atoms with E-state index < -0.39 is 83.8 Å². The van der Waals surface area contributed by atoms with Gasteiger partial charge < -0.3 is 40.3 Å². The number of nitrogens with zero attached hydrogens (tertiary/aromatic N) is 3. The van der Waals surface area contributed by atoms with Crippen molar-refractivity contribution in [2.24, 2.45) is 17.8 Å². The van der Waals surface area contributed by atoms with Crippen LogP contribution in [0.25, 0.3) is 0 Å². The molecule has 17 nitrogen and oxygen atoms in total. The second kappa shape index (κ2) is 24.6. The van der Waals surface area contributed by atoms with Gasteiger partial charge in [0.2, 0.25) is 11.8 Å². The number of ketones is 1. The molecule has 2 bridgehead atoms. The Morgan fingerprint density at radius 3 is 2.52 bits per heavy atom. The van der Waals surface area contributed by atoms with Gasteiger partial charge in [-0.25, -0.2) is 5.43 Å². The van der Waals surface area contributed by atoms with E-state index in [-0.39, 0.29) is 43.8 Å². The molecule has 0 radical (unpaired) electrons. The number of benzene rings is 1. The zero-order valence-corrected chi connectivity index (χ0v) is 37.3. The fourth-order valence-electron chi connectivity index (χ4n) is 7.15. The number of amides is 4. The van der Waals surface area contributed by atoms with Crippen LogP contribution in [0.2, 0.25) is 0 Å². The first kappa shape index (κ1) is 50.5. The standard InChI is InChI=1S/C47H62N6O11/c1-29(2)42-45(60)49-38(27-33-15-11-16-34(55)26-33)46(61)53-25-13-18-37(51-53)47(62)63-40(30(3)14-10-21-41(57)52(6)64-35-17-12-24-48-28-35)20-9-7-8-19-39(56)32(5)43(58)36(44(59)50-42)23-22-31(4)54/h7-12,14-17,19,21,24,26,28-29,32,36-40,42-43,51,55-56,58H,13,18,20,22-23,25,27H2,1-6H3,(H,49,60)(H,50,59)/b9-7+,19-8+,21-10+,30-14+/t32-,36+,37?,38-,39-,40-,42-,43+/m0/s1. The van der Waals surface area contributed by atoms with Crippen LogP contribution in [0.4, 0.5) is 0 Å². The molecule has 4 rings (SSSR count). The zero-order valence-electron chi connectivity index (χ0n) is 37.3. The minimum absolute atomic E-state index is 0.0389. The van der Waals surface area contributed by atoms with Crippen molar-refractivity contribution in [3.8, 4) is 11.5 Å². The van der Waals surface area contributed by atoms with Crippen LogP contribution < -0.4 is 20.9 Å². The molecule has 1 aromatic heterocycles. The molecule has 1 saturated heterocycles. The van der Waals surface area contributed by atoms with Crippen molar-refractivity contribution in [2.45, 2.75) is 110 Å². The highest BCUT2D eigenvalue weighted by molar-refractivity contribution is 5.93. The lowest BCUT2D eigenvalue weighted by Gasteiger charge is -2.36. The first-order valence-electron chi connectivity index (χ1n) is 21.5. The quantitative estimate of drug-likeness (QED) is 0.0825. The maximum absolute atomic E-state index is 14.4. The number of aliphatic hydroxyl groups is 2. The van der Waals surface area contributed by atoms with Crippen LogP contribution >= 0.6 is 0 Å². The van der Waals surface area contributed by atoms with Gasteiger partial charge in [0.15, 0.2) is 5.75 Å². The number of fused-ring (bicyclic) bond motifs is 2. The second-order valence-corrected chi connectivity index (χ2v) is 16.5. The molecular weight excluding hydrogens is 825 g/mol. The number of likely N-dealkylation sites (N-methyl/N-ethyl adjacent to an activating group) is 1. The van der Waals surface area contributed by atoms with Crippen LogP contribution in [0, 0.1) is 17.8 Å². The number of phenolic OH excluding ortho intramolecular Hbond substituents is 1. The number of nitrogens with one attached hydrogen (secondary N) is 3. The van der Waals surface area contributed by atoms with E-state index in [1.165, 1.54) is 55.5 Å². The Hall–Kier alpha value is -6.17. The maximum Gasteiger partial charge on any atom is 0.325 e. The smallest absolute Gasteiger partial charge is 0.325 e. The molecule has 64 heavy (non-hydrogen) atoms. The Bertz CT molecular complexity index is 2050. The summed E-state index contributed by atoms with van der Waals surface area (Å²) in [6.45, 7) is 8.24. The van der Waals surface area contributed by atoms with Gasteiger partial charge >= 0.3 is 5.97 Å². The molecule has 1 fully saturated rings. The number of esters is 1. The number of phenols is 1. The van der Waals surface area contributed by atoms with E-state index in [9.17, 15) is 44.1 Å². The number of hydrazine groups is 1. The molecule has 2 aromatic rings. The molecule has 2 aliphatic rings. The molecule has 1 aromatic carbocycles. The molecular formula is C47H62N6O11. The van der Waals surface area contributed by atoms with Crippen molar-refractivity contribution >= 4 is 35.4 Å². The number of hydrogen-bond donors (Lipinski definition) is 6. The van der Waals surface area contributed by atoms with Crippen molar-refractivity contribution in [1.29, 1.82) is 0 Å². The molecule has 2 aliphatic heterocycles. The van der Waals surface area contributed by atoms with Gasteiger partial charge in [-0.2, -0.15) is 5.06 Å². The molecule has 0 aliphatic carbocycles. The van der Waals surface area contributed by atoms with Crippen molar-refractivity contribution in [2.75, 3.05) is 13.6 Å². The monoisotopic (exact) mass is 886 g/mol. The second-order valence-electron chi connectivity index (χ2n) is 16.5. The number of ether oxygens (including phenoxy) is 1. The first-order chi connectivity index (χ1) is 30.4. The summed E-state index contributed by atoms with van der Waals surface area (Å²) in [5, 5.41) is 40.7. The summed E-state index contributed by atoms with van der Waals surface area (Å²) in [5.74, 6) is -5.61. The average Bonchev–Trinajstić information content (AvgIpc) is 3.26. The molecule has 6 N–H and O–H groups in total. The van der Waals surface area contributed by atoms with E-state index in [1.807, 2.05) is 0 Å². The lowest BCUT2D eigenvalue weighted by Crippen LogP contribution is -2.62. The highest BCUT2D eigenvalue weighted by Gasteiger charge is 2.38. The number of pyridine rings is 1. The summed E-state index contributed by atoms with van der Waals surface area (Å²) < 4.78 is 6.05. The Morgan fingerprint density at radius 2 is 1.83 bits per heavy atom. The number of aromatic nitrogens is 1. The van der Waals surface area contributed by atoms with Crippen LogP contribution in [0.15, 0.2) is 96.9 Å². The molecule has 17 heteroatoms. The predicted molar refractivity (Wildman–Crippen MR) is 236 cm³/mol. The minimum Gasteiger partial charge on any atom is -0.508 e. The summed E-state index contributed by atoms with van der Waals surface area (Å²) >= 11 is 0. The topological polar surface area (TPSA) is 237 Å². The Labute approximate surface area is 374 Å². The van der Waals surface area contributed by atoms with Crippen LogP contribution in [-0.4, -0.2) is 116 Å². The highest BCUT2D eigenvalue weighted by Crippen LogP contribution is 2.24. The fourth-order valence-corrected chi connectivity index (χ4v) is 7.15. The van der Waals surface area contributed by atoms with Gasteiger partial charge in [0, 0.05) is 51.0 Å². The highest BCUT2D eigenvalue weighted by atomic mass is 16.7. The average molecular weight is 887 g/mol. The fraction of sp³-hybridized carbons (Fsp3) is 0.468. The van der Waals surface area contributed by atoms with E-state index in [0.717, 1.165) is 5.06 Å². The van der Waals surface area contributed by atoms with Crippen LogP contribution in [0.5, 0.6) is 11.5 Å². The Kier molecular flexibility index (Phi) is 19.4. The van der Waals surface area contributed by atoms with Gasteiger partial charge in [-0.3, -0.25) is 34.0 Å². The third kappa shape index (κ3) is 15.3. The lowest BCUT2D eigenvalue weighted by molar-refractivity contribution is -0.156. The Morgan fingerprint density at radius 1 is 1.06 bits per heavy atom. The number of carbonyl (C=O) groups is 6. The summed E-state index contributed by atoms with van der Waals surface area (Å²) in [6.07, 6.45) is 11.0. The van der Waals surface area contributed by atoms with Crippen LogP contribution in [0.3, 0.4) is 0 Å². The number of aromatic hydroxyl groups is 1. The third-order valence-electron chi connectivity index (χ3n) is 11.0. The maximum atomic E-state index is 14.4. The SMILES string of the molecule is CC(=O)CC[C@H]1C(=O)N[C@@H](C(C)C)C(=O)N[C@@H](Cc2cccc(O)c2)C(=O)N2CCCC(N2)C(=O)O[C@H](/C(C)=C/C=C/C(=O)N(C)Oc2cccnc2)C/C=C/C=C/[C@H](O)[C@H](C)[C@H]1O. The van der Waals surface area contributed by atoms with Crippen molar-refractivity contribution in [3.05, 3.63) is 102 Å². The molecule has 0 saturated carbocycles. The van der Waals surface area contributed by atoms with E-state index in [1.54, 1.807) is 82.5 Å². The van der Waals surface area contributed by atoms with Crippen molar-refractivity contribution in [1.82, 2.24) is 31.1 Å². The van der Waals surface area contributed by atoms with Crippen LogP contribution in [-0.2, 0) is 39.9 Å². The Balaban J connectivity index is 1.69. The number of rotatable bonds is 11.